The number of ether oxygens (including phenoxy) is 1. The van der Waals surface area contributed by atoms with Crippen LogP contribution in [-0.4, -0.2) is 39.5 Å². The molecule has 3 aromatic rings. The minimum atomic E-state index is 0.337. The average Bonchev–Trinajstić information content (AvgIpc) is 3.32. The Kier molecular flexibility index (Phi) is 4.70. The predicted octanol–water partition coefficient (Wildman–Crippen LogP) is 5.46. The van der Waals surface area contributed by atoms with Crippen LogP contribution in [0.2, 0.25) is 10.0 Å². The fraction of sp³-hybridized carbons (Fsp3) is 0.450. The van der Waals surface area contributed by atoms with Gasteiger partial charge in [0.05, 0.1) is 34.5 Å². The summed E-state index contributed by atoms with van der Waals surface area (Å²) >= 11 is 13.9. The Morgan fingerprint density at radius 2 is 1.93 bits per heavy atom. The number of hydrogen-bond acceptors (Lipinski definition) is 6. The topological polar surface area (TPSA) is 51.1 Å². The van der Waals surface area contributed by atoms with Crippen LogP contribution in [0.4, 0.5) is 5.82 Å². The Balaban J connectivity index is 1.48. The third-order valence-corrected chi connectivity index (χ3v) is 7.38. The fourth-order valence-corrected chi connectivity index (χ4v) is 5.45. The van der Waals surface area contributed by atoms with E-state index in [0.717, 1.165) is 66.9 Å². The Hall–Kier alpha value is -1.47. The van der Waals surface area contributed by atoms with Crippen LogP contribution in [0.3, 0.4) is 0 Å². The molecule has 0 bridgehead atoms. The zero-order chi connectivity index (χ0) is 19.3. The number of piperidine rings is 1. The van der Waals surface area contributed by atoms with E-state index >= 15 is 0 Å². The van der Waals surface area contributed by atoms with Gasteiger partial charge in [0.25, 0.3) is 0 Å². The van der Waals surface area contributed by atoms with Crippen LogP contribution in [0, 0.1) is 5.41 Å². The van der Waals surface area contributed by atoms with E-state index in [9.17, 15) is 0 Å². The summed E-state index contributed by atoms with van der Waals surface area (Å²) in [5.41, 5.74) is 3.71. The molecule has 28 heavy (non-hydrogen) atoms. The molecule has 2 saturated heterocycles. The number of hydrogen-bond donors (Lipinski definition) is 0. The van der Waals surface area contributed by atoms with E-state index in [0.29, 0.717) is 21.6 Å². The van der Waals surface area contributed by atoms with Gasteiger partial charge in [-0.05, 0) is 37.7 Å². The molecule has 0 unspecified atom stereocenters. The van der Waals surface area contributed by atoms with Gasteiger partial charge in [-0.25, -0.2) is 4.98 Å². The smallest absolute Gasteiger partial charge is 0.157 e. The number of pyridine rings is 1. The van der Waals surface area contributed by atoms with Gasteiger partial charge in [0.15, 0.2) is 5.82 Å². The molecule has 146 valence electrons. The van der Waals surface area contributed by atoms with Gasteiger partial charge in [0, 0.05) is 30.4 Å². The number of aromatic nitrogens is 3. The van der Waals surface area contributed by atoms with Crippen molar-refractivity contribution in [2.24, 2.45) is 5.41 Å². The number of nitrogens with zero attached hydrogens (tertiary/aromatic N) is 4. The van der Waals surface area contributed by atoms with Gasteiger partial charge in [-0.1, -0.05) is 35.3 Å². The number of benzene rings is 1. The highest BCUT2D eigenvalue weighted by Gasteiger charge is 2.41. The summed E-state index contributed by atoms with van der Waals surface area (Å²) in [7, 11) is 0. The summed E-state index contributed by atoms with van der Waals surface area (Å²) in [5, 5.41) is 1.04. The summed E-state index contributed by atoms with van der Waals surface area (Å²) in [4.78, 5) is 7.11. The number of anilines is 1. The monoisotopic (exact) mass is 434 g/mol. The van der Waals surface area contributed by atoms with Crippen LogP contribution >= 0.6 is 34.9 Å². The van der Waals surface area contributed by atoms with Gasteiger partial charge < -0.3 is 9.64 Å². The number of fused-ring (bicyclic) bond motifs is 1. The SMILES string of the molecule is C[C@H]1CC2(CCN(c3ncc(-c4cccc(Cl)c4Cl)c4nsnc34)CC2)CO1. The molecule has 5 rings (SSSR count). The Labute approximate surface area is 178 Å². The molecule has 1 aromatic carbocycles. The molecule has 0 saturated carbocycles. The summed E-state index contributed by atoms with van der Waals surface area (Å²) < 4.78 is 15.0. The minimum Gasteiger partial charge on any atom is -0.378 e. The molecule has 4 heterocycles. The van der Waals surface area contributed by atoms with E-state index in [1.54, 1.807) is 6.07 Å². The number of rotatable bonds is 2. The molecule has 2 aromatic heterocycles. The van der Waals surface area contributed by atoms with E-state index in [1.165, 1.54) is 11.7 Å². The van der Waals surface area contributed by atoms with Crippen LogP contribution in [0.1, 0.15) is 26.2 Å². The van der Waals surface area contributed by atoms with E-state index in [1.807, 2.05) is 18.3 Å². The fourth-order valence-electron chi connectivity index (χ4n) is 4.49. The Bertz CT molecular complexity index is 1030. The van der Waals surface area contributed by atoms with Crippen molar-refractivity contribution in [3.63, 3.8) is 0 Å². The molecule has 1 atom stereocenters. The molecular formula is C20H20Cl2N4OS. The summed E-state index contributed by atoms with van der Waals surface area (Å²) in [5.74, 6) is 0.910. The first-order valence-corrected chi connectivity index (χ1v) is 11.0. The maximum Gasteiger partial charge on any atom is 0.157 e. The Morgan fingerprint density at radius 1 is 1.14 bits per heavy atom. The molecule has 0 aliphatic carbocycles. The van der Waals surface area contributed by atoms with Crippen molar-refractivity contribution in [2.75, 3.05) is 24.6 Å². The van der Waals surface area contributed by atoms with Crippen molar-refractivity contribution in [3.05, 3.63) is 34.4 Å². The lowest BCUT2D eigenvalue weighted by Gasteiger charge is -2.39. The van der Waals surface area contributed by atoms with Gasteiger partial charge in [0.1, 0.15) is 11.0 Å². The standard InChI is InChI=1S/C20H20Cl2N4OS/c1-12-9-20(11-27-12)5-7-26(8-6-20)19-18-17(24-28-25-18)14(10-23-19)13-3-2-4-15(21)16(13)22/h2-4,10,12H,5-9,11H2,1H3/t12-/m0/s1. The van der Waals surface area contributed by atoms with Crippen LogP contribution in [0.25, 0.3) is 22.2 Å². The van der Waals surface area contributed by atoms with Crippen molar-refractivity contribution in [2.45, 2.75) is 32.3 Å². The normalized spacial score (nSPS) is 21.7. The van der Waals surface area contributed by atoms with E-state index in [4.69, 9.17) is 32.9 Å². The summed E-state index contributed by atoms with van der Waals surface area (Å²) in [6, 6.07) is 5.61. The molecule has 5 nitrogen and oxygen atoms in total. The van der Waals surface area contributed by atoms with Crippen molar-refractivity contribution in [1.29, 1.82) is 0 Å². The highest BCUT2D eigenvalue weighted by Crippen LogP contribution is 2.44. The average molecular weight is 435 g/mol. The lowest BCUT2D eigenvalue weighted by molar-refractivity contribution is 0.0976. The zero-order valence-corrected chi connectivity index (χ0v) is 17.8. The van der Waals surface area contributed by atoms with Crippen LogP contribution in [-0.2, 0) is 4.74 Å². The molecule has 2 aliphatic heterocycles. The molecular weight excluding hydrogens is 415 g/mol. The molecule has 1 spiro atoms. The van der Waals surface area contributed by atoms with E-state index in [-0.39, 0.29) is 0 Å². The van der Waals surface area contributed by atoms with Crippen LogP contribution < -0.4 is 4.90 Å². The first-order valence-electron chi connectivity index (χ1n) is 9.49. The van der Waals surface area contributed by atoms with E-state index in [2.05, 4.69) is 20.6 Å². The van der Waals surface area contributed by atoms with Crippen molar-refractivity contribution in [3.8, 4) is 11.1 Å². The van der Waals surface area contributed by atoms with Crippen LogP contribution in [0.5, 0.6) is 0 Å². The molecule has 2 aliphatic rings. The quantitative estimate of drug-likeness (QED) is 0.536. The maximum absolute atomic E-state index is 6.44. The van der Waals surface area contributed by atoms with Gasteiger partial charge in [0.2, 0.25) is 0 Å². The first-order chi connectivity index (χ1) is 13.6. The third kappa shape index (κ3) is 3.07. The molecule has 0 amide bonds. The predicted molar refractivity (Wildman–Crippen MR) is 115 cm³/mol. The van der Waals surface area contributed by atoms with E-state index < -0.39 is 0 Å². The highest BCUT2D eigenvalue weighted by atomic mass is 35.5. The molecule has 0 radical (unpaired) electrons. The zero-order valence-electron chi connectivity index (χ0n) is 15.5. The van der Waals surface area contributed by atoms with Crippen LogP contribution in [0.15, 0.2) is 24.4 Å². The van der Waals surface area contributed by atoms with Gasteiger partial charge in [-0.3, -0.25) is 0 Å². The molecule has 0 N–H and O–H groups in total. The molecule has 2 fully saturated rings. The summed E-state index contributed by atoms with van der Waals surface area (Å²) in [6.45, 7) is 4.99. The van der Waals surface area contributed by atoms with Crippen molar-refractivity contribution < 1.29 is 4.74 Å². The van der Waals surface area contributed by atoms with Gasteiger partial charge in [-0.15, -0.1) is 0 Å². The lowest BCUT2D eigenvalue weighted by Crippen LogP contribution is -2.41. The first kappa shape index (κ1) is 18.6. The molecule has 8 heteroatoms. The second-order valence-electron chi connectivity index (χ2n) is 7.87. The highest BCUT2D eigenvalue weighted by molar-refractivity contribution is 7.00. The largest absolute Gasteiger partial charge is 0.378 e. The van der Waals surface area contributed by atoms with Gasteiger partial charge in [-0.2, -0.15) is 8.75 Å². The Morgan fingerprint density at radius 3 is 2.68 bits per heavy atom. The summed E-state index contributed by atoms with van der Waals surface area (Å²) in [6.07, 6.45) is 5.64. The number of halogens is 2. The minimum absolute atomic E-state index is 0.337. The third-order valence-electron chi connectivity index (χ3n) is 6.03. The maximum atomic E-state index is 6.44. The van der Waals surface area contributed by atoms with Gasteiger partial charge >= 0.3 is 0 Å². The van der Waals surface area contributed by atoms with Crippen molar-refractivity contribution in [1.82, 2.24) is 13.7 Å². The second-order valence-corrected chi connectivity index (χ2v) is 9.18. The van der Waals surface area contributed by atoms with Crippen molar-refractivity contribution >= 4 is 51.8 Å². The lowest BCUT2D eigenvalue weighted by atomic mass is 9.77. The second kappa shape index (κ2) is 7.10.